The maximum absolute atomic E-state index is 12.2. The van der Waals surface area contributed by atoms with Gasteiger partial charge < -0.3 is 10.1 Å². The van der Waals surface area contributed by atoms with Crippen LogP contribution in [0, 0.1) is 0 Å². The number of nitrogens with zero attached hydrogens (tertiary/aromatic N) is 1. The molecule has 1 heterocycles. The molecule has 25 heavy (non-hydrogen) atoms. The van der Waals surface area contributed by atoms with Crippen LogP contribution in [-0.2, 0) is 19.8 Å². The first-order valence-electron chi connectivity index (χ1n) is 8.78. The number of hydrogen-bond donors (Lipinski definition) is 1. The smallest absolute Gasteiger partial charge is 0.240 e. The molecule has 3 amide bonds. The average molecular weight is 344 g/mol. The summed E-state index contributed by atoms with van der Waals surface area (Å²) in [5, 5.41) is 2.94. The monoisotopic (exact) mass is 344 g/mol. The van der Waals surface area contributed by atoms with Gasteiger partial charge in [0.05, 0.1) is 7.11 Å². The Bertz CT molecular complexity index is 647. The summed E-state index contributed by atoms with van der Waals surface area (Å²) < 4.78 is 5.22. The number of hydrogen-bond acceptors (Lipinski definition) is 4. The number of likely N-dealkylation sites (tertiary alicyclic amines) is 1. The van der Waals surface area contributed by atoms with Gasteiger partial charge in [-0.25, -0.2) is 0 Å². The van der Waals surface area contributed by atoms with E-state index in [4.69, 9.17) is 4.74 Å². The topological polar surface area (TPSA) is 75.7 Å². The molecule has 6 heteroatoms. The van der Waals surface area contributed by atoms with E-state index in [0.717, 1.165) is 36.3 Å². The number of methoxy groups -OCH3 is 1. The molecule has 3 rings (SSSR count). The van der Waals surface area contributed by atoms with Crippen LogP contribution < -0.4 is 10.1 Å². The van der Waals surface area contributed by atoms with Gasteiger partial charge in [0.2, 0.25) is 17.7 Å². The molecule has 1 aliphatic carbocycles. The molecular weight excluding hydrogens is 320 g/mol. The molecule has 0 spiro atoms. The minimum atomic E-state index is -0.275. The van der Waals surface area contributed by atoms with E-state index >= 15 is 0 Å². The summed E-state index contributed by atoms with van der Waals surface area (Å²) >= 11 is 0. The lowest BCUT2D eigenvalue weighted by molar-refractivity contribution is -0.142. The van der Waals surface area contributed by atoms with Crippen LogP contribution in [0.25, 0.3) is 0 Å². The van der Waals surface area contributed by atoms with E-state index in [9.17, 15) is 14.4 Å². The number of carbonyl (C=O) groups excluding carboxylic acids is 3. The second kappa shape index (κ2) is 7.25. The molecule has 0 radical (unpaired) electrons. The minimum absolute atomic E-state index is 0.0824. The Hall–Kier alpha value is -2.37. The van der Waals surface area contributed by atoms with E-state index < -0.39 is 0 Å². The van der Waals surface area contributed by atoms with E-state index in [0.29, 0.717) is 6.54 Å². The fourth-order valence-electron chi connectivity index (χ4n) is 3.83. The van der Waals surface area contributed by atoms with Crippen LogP contribution in [0.1, 0.15) is 44.1 Å². The molecule has 1 aromatic carbocycles. The molecule has 1 aromatic rings. The van der Waals surface area contributed by atoms with Crippen molar-refractivity contribution < 1.29 is 19.1 Å². The summed E-state index contributed by atoms with van der Waals surface area (Å²) in [6.45, 7) is 0.352. The number of nitrogens with one attached hydrogen (secondary N) is 1. The van der Waals surface area contributed by atoms with Crippen molar-refractivity contribution in [2.45, 2.75) is 43.9 Å². The Morgan fingerprint density at radius 1 is 1.12 bits per heavy atom. The van der Waals surface area contributed by atoms with Crippen molar-refractivity contribution in [1.29, 1.82) is 0 Å². The van der Waals surface area contributed by atoms with Crippen LogP contribution in [0.15, 0.2) is 24.3 Å². The summed E-state index contributed by atoms with van der Waals surface area (Å²) in [6, 6.07) is 8.01. The van der Waals surface area contributed by atoms with Gasteiger partial charge >= 0.3 is 0 Å². The highest BCUT2D eigenvalue weighted by Gasteiger charge is 2.36. The van der Waals surface area contributed by atoms with E-state index in [1.807, 2.05) is 12.1 Å². The number of benzene rings is 1. The summed E-state index contributed by atoms with van der Waals surface area (Å²) in [4.78, 5) is 36.6. The number of carbonyl (C=O) groups is 3. The molecule has 2 fully saturated rings. The van der Waals surface area contributed by atoms with Gasteiger partial charge in [-0.1, -0.05) is 25.0 Å². The zero-order valence-electron chi connectivity index (χ0n) is 14.5. The van der Waals surface area contributed by atoms with Gasteiger partial charge in [-0.05, 0) is 30.5 Å². The van der Waals surface area contributed by atoms with Gasteiger partial charge in [-0.3, -0.25) is 19.3 Å². The molecule has 6 nitrogen and oxygen atoms in total. The average Bonchev–Trinajstić information content (AvgIpc) is 3.23. The fraction of sp³-hybridized carbons (Fsp3) is 0.526. The molecule has 0 atom stereocenters. The number of amides is 3. The predicted molar refractivity (Wildman–Crippen MR) is 92.1 cm³/mol. The maximum atomic E-state index is 12.2. The normalized spacial score (nSPS) is 19.3. The van der Waals surface area contributed by atoms with Gasteiger partial charge in [-0.2, -0.15) is 0 Å². The van der Waals surface area contributed by atoms with Crippen molar-refractivity contribution in [3.63, 3.8) is 0 Å². The number of rotatable bonds is 6. The van der Waals surface area contributed by atoms with E-state index in [1.165, 1.54) is 5.56 Å². The Morgan fingerprint density at radius 2 is 1.72 bits per heavy atom. The highest BCUT2D eigenvalue weighted by molar-refractivity contribution is 6.04. The van der Waals surface area contributed by atoms with E-state index in [-0.39, 0.29) is 42.5 Å². The summed E-state index contributed by atoms with van der Waals surface area (Å²) in [6.07, 6.45) is 4.71. The van der Waals surface area contributed by atoms with Crippen LogP contribution in [0.4, 0.5) is 0 Å². The highest BCUT2D eigenvalue weighted by atomic mass is 16.5. The van der Waals surface area contributed by atoms with Crippen LogP contribution in [0.3, 0.4) is 0 Å². The van der Waals surface area contributed by atoms with E-state index in [2.05, 4.69) is 17.4 Å². The fourth-order valence-corrected chi connectivity index (χ4v) is 3.83. The van der Waals surface area contributed by atoms with Crippen LogP contribution in [-0.4, -0.2) is 42.8 Å². The van der Waals surface area contributed by atoms with Gasteiger partial charge in [0.25, 0.3) is 0 Å². The van der Waals surface area contributed by atoms with Crippen LogP contribution in [0.2, 0.25) is 0 Å². The molecule has 1 aliphatic heterocycles. The SMILES string of the molecule is COc1ccc(C2(CNC(=O)CN3C(=O)CCC3=O)CCCC2)cc1. The van der Waals surface area contributed by atoms with Gasteiger partial charge in [0.15, 0.2) is 0 Å². The molecule has 0 bridgehead atoms. The minimum Gasteiger partial charge on any atom is -0.497 e. The first-order chi connectivity index (χ1) is 12.0. The predicted octanol–water partition coefficient (Wildman–Crippen LogP) is 1.77. The van der Waals surface area contributed by atoms with Crippen LogP contribution in [0.5, 0.6) is 5.75 Å². The Kier molecular flexibility index (Phi) is 5.06. The van der Waals surface area contributed by atoms with Crippen molar-refractivity contribution in [3.05, 3.63) is 29.8 Å². The van der Waals surface area contributed by atoms with Crippen molar-refractivity contribution in [1.82, 2.24) is 10.2 Å². The number of imide groups is 1. The molecule has 0 unspecified atom stereocenters. The zero-order valence-corrected chi connectivity index (χ0v) is 14.5. The third-order valence-corrected chi connectivity index (χ3v) is 5.34. The first-order valence-corrected chi connectivity index (χ1v) is 8.78. The Labute approximate surface area is 147 Å². The Morgan fingerprint density at radius 3 is 2.28 bits per heavy atom. The van der Waals surface area contributed by atoms with Gasteiger partial charge in [0.1, 0.15) is 12.3 Å². The number of ether oxygens (including phenoxy) is 1. The lowest BCUT2D eigenvalue weighted by Gasteiger charge is -2.30. The second-order valence-electron chi connectivity index (χ2n) is 6.87. The molecule has 1 saturated carbocycles. The van der Waals surface area contributed by atoms with E-state index in [1.54, 1.807) is 7.11 Å². The molecule has 0 aromatic heterocycles. The standard InChI is InChI=1S/C19H24N2O4/c1-25-15-6-4-14(5-7-15)19(10-2-3-11-19)13-20-16(22)12-21-17(23)8-9-18(21)24/h4-7H,2-3,8-13H2,1H3,(H,20,22). The maximum Gasteiger partial charge on any atom is 0.240 e. The van der Waals surface area contributed by atoms with Crippen LogP contribution >= 0.6 is 0 Å². The third kappa shape index (κ3) is 3.67. The van der Waals surface area contributed by atoms with Crippen molar-refractivity contribution in [3.8, 4) is 5.75 Å². The summed E-state index contributed by atoms with van der Waals surface area (Å²) in [5.74, 6) is 0.0205. The molecule has 1 saturated heterocycles. The lowest BCUT2D eigenvalue weighted by atomic mass is 9.78. The van der Waals surface area contributed by atoms with Crippen molar-refractivity contribution in [2.24, 2.45) is 0 Å². The zero-order chi connectivity index (χ0) is 17.9. The summed E-state index contributed by atoms with van der Waals surface area (Å²) in [5.41, 5.74) is 1.11. The first kappa shape index (κ1) is 17.5. The Balaban J connectivity index is 1.64. The van der Waals surface area contributed by atoms with Crippen molar-refractivity contribution >= 4 is 17.7 Å². The molecular formula is C19H24N2O4. The highest BCUT2D eigenvalue weighted by Crippen LogP contribution is 2.41. The van der Waals surface area contributed by atoms with Crippen molar-refractivity contribution in [2.75, 3.05) is 20.2 Å². The molecule has 134 valence electrons. The molecule has 2 aliphatic rings. The summed E-state index contributed by atoms with van der Waals surface area (Å²) in [7, 11) is 1.64. The second-order valence-corrected chi connectivity index (χ2v) is 6.87. The third-order valence-electron chi connectivity index (χ3n) is 5.34. The quantitative estimate of drug-likeness (QED) is 0.798. The van der Waals surface area contributed by atoms with Gasteiger partial charge in [0, 0.05) is 24.8 Å². The molecule has 1 N–H and O–H groups in total. The lowest BCUT2D eigenvalue weighted by Crippen LogP contribution is -2.44. The van der Waals surface area contributed by atoms with Gasteiger partial charge in [-0.15, -0.1) is 0 Å². The largest absolute Gasteiger partial charge is 0.497 e.